The van der Waals surface area contributed by atoms with Crippen molar-refractivity contribution in [2.24, 2.45) is 0 Å². The molecule has 0 aliphatic rings. The molecule has 0 radical (unpaired) electrons. The van der Waals surface area contributed by atoms with Crippen molar-refractivity contribution in [1.29, 1.82) is 0 Å². The Morgan fingerprint density at radius 1 is 0.262 bits per heavy atom. The molecular formula is C57H48N4. The largest absolute Gasteiger partial charge is 0.355 e. The van der Waals surface area contributed by atoms with Gasteiger partial charge in [0.15, 0.2) is 0 Å². The van der Waals surface area contributed by atoms with Gasteiger partial charge >= 0.3 is 0 Å². The summed E-state index contributed by atoms with van der Waals surface area (Å²) in [5.74, 6) is 0. The van der Waals surface area contributed by atoms with Crippen LogP contribution >= 0.6 is 0 Å². The first-order valence-corrected chi connectivity index (χ1v) is 20.8. The number of nitrogens with zero attached hydrogens (tertiary/aromatic N) is 1. The van der Waals surface area contributed by atoms with E-state index >= 15 is 0 Å². The Hall–Kier alpha value is -7.82. The maximum Gasteiger partial charge on any atom is 0.0466 e. The number of nitrogens with one attached hydrogen (secondary N) is 3. The van der Waals surface area contributed by atoms with Crippen LogP contribution in [0.5, 0.6) is 0 Å². The highest BCUT2D eigenvalue weighted by atomic mass is 15.1. The van der Waals surface area contributed by atoms with Crippen molar-refractivity contribution in [3.05, 3.63) is 235 Å². The fraction of sp³-hybridized carbons (Fsp3) is 0.0526. The quantitative estimate of drug-likeness (QED) is 0.115. The fourth-order valence-corrected chi connectivity index (χ4v) is 8.27. The second kappa shape index (κ2) is 17.6. The fourth-order valence-electron chi connectivity index (χ4n) is 8.27. The minimum Gasteiger partial charge on any atom is -0.355 e. The molecule has 0 aliphatic heterocycles. The number of hydrogen-bond donors (Lipinski definition) is 3. The third kappa shape index (κ3) is 8.52. The summed E-state index contributed by atoms with van der Waals surface area (Å²) in [7, 11) is 0. The van der Waals surface area contributed by atoms with Gasteiger partial charge in [0.1, 0.15) is 0 Å². The van der Waals surface area contributed by atoms with Gasteiger partial charge in [-0.1, -0.05) is 127 Å². The molecule has 0 aromatic heterocycles. The molecule has 4 heteroatoms. The van der Waals surface area contributed by atoms with Gasteiger partial charge in [0.2, 0.25) is 0 Å². The molecule has 0 bridgehead atoms. The van der Waals surface area contributed by atoms with E-state index in [1.807, 2.05) is 0 Å². The first-order valence-electron chi connectivity index (χ1n) is 20.8. The maximum atomic E-state index is 3.72. The zero-order valence-electron chi connectivity index (χ0n) is 34.7. The van der Waals surface area contributed by atoms with E-state index in [4.69, 9.17) is 0 Å². The van der Waals surface area contributed by atoms with E-state index in [1.165, 1.54) is 50.1 Å². The molecule has 4 nitrogen and oxygen atoms in total. The third-order valence-electron chi connectivity index (χ3n) is 11.2. The monoisotopic (exact) mass is 788 g/mol. The van der Waals surface area contributed by atoms with Gasteiger partial charge in [0.05, 0.1) is 0 Å². The van der Waals surface area contributed by atoms with Gasteiger partial charge in [-0.25, -0.2) is 0 Å². The van der Waals surface area contributed by atoms with Crippen LogP contribution in [0.3, 0.4) is 0 Å². The predicted molar refractivity (Wildman–Crippen MR) is 261 cm³/mol. The lowest BCUT2D eigenvalue weighted by molar-refractivity contribution is 1.28. The van der Waals surface area contributed by atoms with E-state index in [2.05, 4.69) is 260 Å². The minimum absolute atomic E-state index is 1.02. The summed E-state index contributed by atoms with van der Waals surface area (Å²) < 4.78 is 0. The predicted octanol–water partition coefficient (Wildman–Crippen LogP) is 16.3. The highest BCUT2D eigenvalue weighted by Gasteiger charge is 2.16. The van der Waals surface area contributed by atoms with Crippen LogP contribution in [0.4, 0.5) is 51.2 Å². The van der Waals surface area contributed by atoms with Crippen molar-refractivity contribution < 1.29 is 0 Å². The molecular weight excluding hydrogens is 741 g/mol. The van der Waals surface area contributed by atoms with Crippen LogP contribution in [0, 0.1) is 20.8 Å². The Kier molecular flexibility index (Phi) is 11.1. The van der Waals surface area contributed by atoms with Gasteiger partial charge in [0, 0.05) is 67.9 Å². The molecule has 9 aromatic rings. The Bertz CT molecular complexity index is 2550. The van der Waals surface area contributed by atoms with E-state index in [0.717, 1.165) is 51.2 Å². The summed E-state index contributed by atoms with van der Waals surface area (Å²) in [5, 5.41) is 11.2. The Balaban J connectivity index is 1.04. The molecule has 0 amide bonds. The number of rotatable bonds is 12. The van der Waals surface area contributed by atoms with Crippen molar-refractivity contribution in [3.8, 4) is 33.4 Å². The second-order valence-corrected chi connectivity index (χ2v) is 15.4. The molecule has 9 rings (SSSR count). The number of anilines is 9. The number of aryl methyl sites for hydroxylation is 3. The van der Waals surface area contributed by atoms with Crippen LogP contribution in [-0.2, 0) is 0 Å². The van der Waals surface area contributed by atoms with Crippen molar-refractivity contribution in [3.63, 3.8) is 0 Å². The summed E-state index contributed by atoms with van der Waals surface area (Å²) in [6.45, 7) is 6.51. The lowest BCUT2D eigenvalue weighted by Crippen LogP contribution is -2.10. The normalized spacial score (nSPS) is 10.9. The SMILES string of the molecule is Cc1cccc(Nc2ccc(N(c3ccc(Nc4cccc(C)c4-c4ccccc4)cc3)c3ccc(Nc4cccc(C)c4-c4ccccc4)cc3)cc2)c1-c1ccccc1. The topological polar surface area (TPSA) is 39.3 Å². The van der Waals surface area contributed by atoms with Crippen LogP contribution < -0.4 is 20.9 Å². The molecule has 0 heterocycles. The standard InChI is InChI=1S/C57H48N4/c1-40-16-13-25-52(55(40)43-19-7-4-8-20-43)58-46-28-34-49(35-29-46)61(50-36-30-47(31-37-50)59-53-26-14-17-41(2)56(53)44-21-9-5-10-22-44)51-38-32-48(33-39-51)60-54-27-15-18-42(3)57(54)45-23-11-6-12-24-45/h4-39,58-60H,1-3H3. The molecule has 0 spiro atoms. The molecule has 9 aromatic carbocycles. The molecule has 0 unspecified atom stereocenters. The first kappa shape index (κ1) is 38.7. The molecule has 0 saturated carbocycles. The van der Waals surface area contributed by atoms with E-state index in [0.29, 0.717) is 0 Å². The van der Waals surface area contributed by atoms with Gasteiger partial charge in [0.25, 0.3) is 0 Å². The average molecular weight is 789 g/mol. The second-order valence-electron chi connectivity index (χ2n) is 15.4. The van der Waals surface area contributed by atoms with E-state index in [9.17, 15) is 0 Å². The van der Waals surface area contributed by atoms with Crippen molar-refractivity contribution in [2.75, 3.05) is 20.9 Å². The van der Waals surface area contributed by atoms with Gasteiger partial charge in [-0.3, -0.25) is 0 Å². The van der Waals surface area contributed by atoms with Gasteiger partial charge in [-0.2, -0.15) is 0 Å². The molecule has 0 atom stereocenters. The van der Waals surface area contributed by atoms with Gasteiger partial charge < -0.3 is 20.9 Å². The molecule has 0 aliphatic carbocycles. The lowest BCUT2D eigenvalue weighted by atomic mass is 9.98. The molecule has 3 N–H and O–H groups in total. The van der Waals surface area contributed by atoms with Crippen LogP contribution in [0.1, 0.15) is 16.7 Å². The molecule has 61 heavy (non-hydrogen) atoms. The molecule has 296 valence electrons. The summed E-state index contributed by atoms with van der Waals surface area (Å²) in [6.07, 6.45) is 0. The zero-order valence-corrected chi connectivity index (χ0v) is 34.7. The van der Waals surface area contributed by atoms with Crippen LogP contribution in [-0.4, -0.2) is 0 Å². The van der Waals surface area contributed by atoms with Crippen molar-refractivity contribution in [1.82, 2.24) is 0 Å². The van der Waals surface area contributed by atoms with Crippen molar-refractivity contribution in [2.45, 2.75) is 20.8 Å². The summed E-state index contributed by atoms with van der Waals surface area (Å²) >= 11 is 0. The highest BCUT2D eigenvalue weighted by Crippen LogP contribution is 2.40. The smallest absolute Gasteiger partial charge is 0.0466 e. The zero-order chi connectivity index (χ0) is 41.5. The lowest BCUT2D eigenvalue weighted by Gasteiger charge is -2.26. The third-order valence-corrected chi connectivity index (χ3v) is 11.2. The van der Waals surface area contributed by atoms with Crippen molar-refractivity contribution >= 4 is 51.2 Å². The minimum atomic E-state index is 1.02. The highest BCUT2D eigenvalue weighted by molar-refractivity contribution is 5.87. The maximum absolute atomic E-state index is 3.72. The van der Waals surface area contributed by atoms with Crippen LogP contribution in [0.15, 0.2) is 218 Å². The Morgan fingerprint density at radius 2 is 0.525 bits per heavy atom. The summed E-state index contributed by atoms with van der Waals surface area (Å²) in [6, 6.07) is 77.2. The Morgan fingerprint density at radius 3 is 0.787 bits per heavy atom. The van der Waals surface area contributed by atoms with E-state index in [-0.39, 0.29) is 0 Å². The van der Waals surface area contributed by atoms with Gasteiger partial charge in [-0.15, -0.1) is 0 Å². The summed E-state index contributed by atoms with van der Waals surface area (Å²) in [5.41, 5.74) is 20.3. The van der Waals surface area contributed by atoms with E-state index < -0.39 is 0 Å². The molecule has 0 fully saturated rings. The van der Waals surface area contributed by atoms with E-state index in [1.54, 1.807) is 0 Å². The molecule has 0 saturated heterocycles. The Labute approximate surface area is 359 Å². The van der Waals surface area contributed by atoms with Gasteiger partial charge in [-0.05, 0) is 145 Å². The average Bonchev–Trinajstić information content (AvgIpc) is 3.29. The van der Waals surface area contributed by atoms with Crippen LogP contribution in [0.25, 0.3) is 33.4 Å². The summed E-state index contributed by atoms with van der Waals surface area (Å²) in [4.78, 5) is 2.31. The number of benzene rings is 9. The first-order chi connectivity index (χ1) is 30.0. The number of hydrogen-bond acceptors (Lipinski definition) is 4. The van der Waals surface area contributed by atoms with Crippen LogP contribution in [0.2, 0.25) is 0 Å².